The molecule has 0 aliphatic carbocycles. The molecule has 1 aliphatic rings. The second-order valence-electron chi connectivity index (χ2n) is 7.80. The van der Waals surface area contributed by atoms with Crippen molar-refractivity contribution in [2.75, 3.05) is 38.1 Å². The minimum absolute atomic E-state index is 0.651. The maximum Gasteiger partial charge on any atom is 0.180 e. The number of rotatable bonds is 3. The molecule has 6 rings (SSSR count). The van der Waals surface area contributed by atoms with Crippen molar-refractivity contribution in [3.05, 3.63) is 49.4 Å². The van der Waals surface area contributed by atoms with Crippen LogP contribution in [0.2, 0.25) is 0 Å². The molecule has 10 heteroatoms. The Morgan fingerprint density at radius 2 is 1.78 bits per heavy atom. The quantitative estimate of drug-likeness (QED) is 0.465. The first-order valence-electron chi connectivity index (χ1n) is 10.4. The lowest BCUT2D eigenvalue weighted by molar-refractivity contribution is 0.313. The molecule has 1 N–H and O–H groups in total. The van der Waals surface area contributed by atoms with Crippen molar-refractivity contribution in [3.8, 4) is 22.9 Å². The molecule has 0 unspecified atom stereocenters. The van der Waals surface area contributed by atoms with Gasteiger partial charge in [0.15, 0.2) is 11.5 Å². The predicted octanol–water partition coefficient (Wildman–Crippen LogP) is 2.17. The van der Waals surface area contributed by atoms with Crippen molar-refractivity contribution in [1.82, 2.24) is 44.8 Å². The molecule has 10 nitrogen and oxygen atoms in total. The van der Waals surface area contributed by atoms with Crippen LogP contribution in [0, 0.1) is 0 Å². The molecule has 1 aliphatic heterocycles. The van der Waals surface area contributed by atoms with Gasteiger partial charge in [-0.1, -0.05) is 0 Å². The standard InChI is InChI=1S/C22H20N10/c1-31-6-8-32(9-7-31)18-2-3-25-21-20(18)29-22(30-21)19-14-10-15(17-11-23-4-5-24-17)26-12-16(14)27-13-28-19/h2-5,10-13H,6-9H2,1H3,(H,25,29,30). The van der Waals surface area contributed by atoms with Gasteiger partial charge in [-0.15, -0.1) is 0 Å². The largest absolute Gasteiger partial charge is 0.367 e. The summed E-state index contributed by atoms with van der Waals surface area (Å²) in [6, 6.07) is 3.97. The molecule has 6 heterocycles. The van der Waals surface area contributed by atoms with Crippen LogP contribution in [0.4, 0.5) is 5.69 Å². The number of imidazole rings is 1. The molecule has 0 bridgehead atoms. The number of hydrogen-bond acceptors (Lipinski definition) is 9. The van der Waals surface area contributed by atoms with Crippen molar-refractivity contribution in [1.29, 1.82) is 0 Å². The monoisotopic (exact) mass is 424 g/mol. The Bertz CT molecular complexity index is 1410. The van der Waals surface area contributed by atoms with E-state index in [9.17, 15) is 0 Å². The summed E-state index contributed by atoms with van der Waals surface area (Å²) in [5.41, 5.74) is 5.53. The van der Waals surface area contributed by atoms with E-state index in [1.165, 1.54) is 6.33 Å². The van der Waals surface area contributed by atoms with E-state index in [1.807, 2.05) is 18.3 Å². The molecule has 0 aromatic carbocycles. The number of fused-ring (bicyclic) bond motifs is 2. The molecule has 1 saturated heterocycles. The molecule has 0 spiro atoms. The highest BCUT2D eigenvalue weighted by atomic mass is 15.3. The van der Waals surface area contributed by atoms with Crippen molar-refractivity contribution in [2.24, 2.45) is 0 Å². The van der Waals surface area contributed by atoms with E-state index in [2.05, 4.69) is 51.7 Å². The first-order chi connectivity index (χ1) is 15.8. The van der Waals surface area contributed by atoms with Gasteiger partial charge in [0.25, 0.3) is 0 Å². The maximum atomic E-state index is 4.76. The minimum atomic E-state index is 0.651. The van der Waals surface area contributed by atoms with Gasteiger partial charge in [-0.2, -0.15) is 0 Å². The van der Waals surface area contributed by atoms with Gasteiger partial charge >= 0.3 is 0 Å². The number of pyridine rings is 2. The van der Waals surface area contributed by atoms with E-state index in [0.29, 0.717) is 28.6 Å². The fourth-order valence-electron chi connectivity index (χ4n) is 4.04. The Hall–Kier alpha value is -4.05. The molecule has 32 heavy (non-hydrogen) atoms. The summed E-state index contributed by atoms with van der Waals surface area (Å²) in [6.45, 7) is 3.99. The summed E-state index contributed by atoms with van der Waals surface area (Å²) in [5.74, 6) is 0.651. The van der Waals surface area contributed by atoms with Crippen LogP contribution in [0.3, 0.4) is 0 Å². The Morgan fingerprint density at radius 1 is 0.875 bits per heavy atom. The lowest BCUT2D eigenvalue weighted by Gasteiger charge is -2.34. The van der Waals surface area contributed by atoms with Crippen molar-refractivity contribution in [3.63, 3.8) is 0 Å². The van der Waals surface area contributed by atoms with E-state index >= 15 is 0 Å². The van der Waals surface area contributed by atoms with Crippen LogP contribution >= 0.6 is 0 Å². The number of anilines is 1. The zero-order valence-electron chi connectivity index (χ0n) is 17.5. The molecule has 5 aromatic heterocycles. The fraction of sp³-hybridized carbons (Fsp3) is 0.227. The summed E-state index contributed by atoms with van der Waals surface area (Å²) in [5, 5.41) is 0.836. The molecule has 5 aromatic rings. The Balaban J connectivity index is 1.47. The molecule has 0 atom stereocenters. The summed E-state index contributed by atoms with van der Waals surface area (Å²) in [4.78, 5) is 39.3. The van der Waals surface area contributed by atoms with E-state index in [0.717, 1.165) is 48.3 Å². The molecule has 0 saturated carbocycles. The first-order valence-corrected chi connectivity index (χ1v) is 10.4. The third-order valence-electron chi connectivity index (χ3n) is 5.79. The maximum absolute atomic E-state index is 4.76. The minimum Gasteiger partial charge on any atom is -0.367 e. The number of hydrogen-bond donors (Lipinski definition) is 1. The molecule has 0 amide bonds. The number of aromatic amines is 1. The van der Waals surface area contributed by atoms with E-state index in [-0.39, 0.29) is 0 Å². The zero-order valence-corrected chi connectivity index (χ0v) is 17.5. The van der Waals surface area contributed by atoms with Crippen LogP contribution in [-0.4, -0.2) is 78.0 Å². The molecule has 1 fully saturated rings. The summed E-state index contributed by atoms with van der Waals surface area (Å²) >= 11 is 0. The first kappa shape index (κ1) is 18.7. The molecule has 158 valence electrons. The van der Waals surface area contributed by atoms with Crippen molar-refractivity contribution in [2.45, 2.75) is 0 Å². The number of piperazine rings is 1. The normalized spacial score (nSPS) is 15.0. The van der Waals surface area contributed by atoms with Gasteiger partial charge in [-0.25, -0.2) is 19.9 Å². The number of likely N-dealkylation sites (N-methyl/N-ethyl adjacent to an activating group) is 1. The summed E-state index contributed by atoms with van der Waals surface area (Å²) in [7, 11) is 2.15. The Labute approximate surface area is 183 Å². The SMILES string of the molecule is CN1CCN(c2ccnc3nc(-c4ncnc5cnc(-c6cnccn6)cc45)[nH]c23)CC1. The average Bonchev–Trinajstić information content (AvgIpc) is 3.29. The van der Waals surface area contributed by atoms with E-state index < -0.39 is 0 Å². The lowest BCUT2D eigenvalue weighted by atomic mass is 10.1. The summed E-state index contributed by atoms with van der Waals surface area (Å²) < 4.78 is 0. The molecular weight excluding hydrogens is 404 g/mol. The van der Waals surface area contributed by atoms with Gasteiger partial charge in [-0.3, -0.25) is 15.0 Å². The van der Waals surface area contributed by atoms with Gasteiger partial charge in [0.2, 0.25) is 0 Å². The third kappa shape index (κ3) is 3.21. The highest BCUT2D eigenvalue weighted by Gasteiger charge is 2.20. The van der Waals surface area contributed by atoms with Crippen LogP contribution in [-0.2, 0) is 0 Å². The number of nitrogens with zero attached hydrogens (tertiary/aromatic N) is 9. The molecule has 0 radical (unpaired) electrons. The van der Waals surface area contributed by atoms with Crippen LogP contribution in [0.15, 0.2) is 49.4 Å². The zero-order chi connectivity index (χ0) is 21.5. The van der Waals surface area contributed by atoms with Crippen LogP contribution in [0.5, 0.6) is 0 Å². The second kappa shape index (κ2) is 7.57. The topological polar surface area (TPSA) is 112 Å². The number of H-pyrrole nitrogens is 1. The van der Waals surface area contributed by atoms with Crippen LogP contribution < -0.4 is 4.90 Å². The number of aromatic nitrogens is 8. The molecular formula is C22H20N10. The smallest absolute Gasteiger partial charge is 0.180 e. The lowest BCUT2D eigenvalue weighted by Crippen LogP contribution is -2.44. The van der Waals surface area contributed by atoms with Crippen LogP contribution in [0.1, 0.15) is 0 Å². The van der Waals surface area contributed by atoms with Gasteiger partial charge < -0.3 is 14.8 Å². The van der Waals surface area contributed by atoms with Gasteiger partial charge in [0, 0.05) is 50.2 Å². The van der Waals surface area contributed by atoms with Crippen molar-refractivity contribution < 1.29 is 0 Å². The highest BCUT2D eigenvalue weighted by Crippen LogP contribution is 2.30. The van der Waals surface area contributed by atoms with Gasteiger partial charge in [-0.05, 0) is 19.2 Å². The van der Waals surface area contributed by atoms with Crippen LogP contribution in [0.25, 0.3) is 45.0 Å². The average molecular weight is 424 g/mol. The van der Waals surface area contributed by atoms with Gasteiger partial charge in [0.1, 0.15) is 23.2 Å². The second-order valence-corrected chi connectivity index (χ2v) is 7.80. The van der Waals surface area contributed by atoms with E-state index in [4.69, 9.17) is 4.98 Å². The van der Waals surface area contributed by atoms with Crippen molar-refractivity contribution >= 4 is 27.8 Å². The number of nitrogens with one attached hydrogen (secondary N) is 1. The fourth-order valence-corrected chi connectivity index (χ4v) is 4.04. The predicted molar refractivity (Wildman–Crippen MR) is 121 cm³/mol. The van der Waals surface area contributed by atoms with E-state index in [1.54, 1.807) is 24.8 Å². The van der Waals surface area contributed by atoms with Gasteiger partial charge in [0.05, 0.1) is 29.3 Å². The Kier molecular flexibility index (Phi) is 4.43. The highest BCUT2D eigenvalue weighted by molar-refractivity contribution is 5.95. The third-order valence-corrected chi connectivity index (χ3v) is 5.79. The summed E-state index contributed by atoms with van der Waals surface area (Å²) in [6.07, 6.45) is 10.0. The Morgan fingerprint density at radius 3 is 2.62 bits per heavy atom.